The summed E-state index contributed by atoms with van der Waals surface area (Å²) in [7, 11) is 0. The minimum Gasteiger partial charge on any atom is -0.481 e. The molecule has 3 N–H and O–H groups in total. The Morgan fingerprint density at radius 1 is 1.03 bits per heavy atom. The van der Waals surface area contributed by atoms with Gasteiger partial charge in [0, 0.05) is 17.4 Å². The number of carbonyl (C=O) groups is 4. The van der Waals surface area contributed by atoms with Crippen LogP contribution in [0.1, 0.15) is 57.9 Å². The molecule has 10 heteroatoms. The van der Waals surface area contributed by atoms with Crippen molar-refractivity contribution in [3.05, 3.63) is 34.3 Å². The fourth-order valence-corrected chi connectivity index (χ4v) is 4.39. The van der Waals surface area contributed by atoms with E-state index in [0.717, 1.165) is 42.1 Å². The number of halogens is 1. The molecule has 0 saturated heterocycles. The first kappa shape index (κ1) is 28.6. The highest BCUT2D eigenvalue weighted by Gasteiger charge is 2.35. The van der Waals surface area contributed by atoms with Gasteiger partial charge in [0.15, 0.2) is 0 Å². The predicted molar refractivity (Wildman–Crippen MR) is 133 cm³/mol. The molecular formula is C25H35BrN2O7. The maximum absolute atomic E-state index is 13.1. The molecule has 9 nitrogen and oxygen atoms in total. The highest BCUT2D eigenvalue weighted by molar-refractivity contribution is 9.10. The molecule has 2 amide bonds. The molecule has 194 valence electrons. The van der Waals surface area contributed by atoms with Crippen LogP contribution in [-0.2, 0) is 30.3 Å². The molecule has 1 aliphatic rings. The number of esters is 1. The minimum absolute atomic E-state index is 0.00474. The van der Waals surface area contributed by atoms with Crippen molar-refractivity contribution in [1.82, 2.24) is 10.6 Å². The second-order valence-corrected chi connectivity index (χ2v) is 10.3. The molecule has 1 aliphatic carbocycles. The van der Waals surface area contributed by atoms with Crippen LogP contribution in [0.15, 0.2) is 28.7 Å². The molecule has 0 unspecified atom stereocenters. The number of carboxylic acids is 1. The SMILES string of the molecule is CC(C)C(=O)OCCOC(=O)N[C@@H](Cc1ccc(Br)cc1)C(=O)NCC1(CC(=O)O)CCCCC1. The molecule has 1 atom stereocenters. The number of amides is 2. The van der Waals surface area contributed by atoms with Crippen LogP contribution in [0.25, 0.3) is 0 Å². The molecule has 0 bridgehead atoms. The minimum atomic E-state index is -0.924. The van der Waals surface area contributed by atoms with Crippen molar-refractivity contribution in [2.24, 2.45) is 11.3 Å². The largest absolute Gasteiger partial charge is 0.481 e. The first-order valence-electron chi connectivity index (χ1n) is 11.9. The van der Waals surface area contributed by atoms with Crippen LogP contribution in [0.5, 0.6) is 0 Å². The van der Waals surface area contributed by atoms with Crippen LogP contribution >= 0.6 is 15.9 Å². The molecule has 1 fully saturated rings. The van der Waals surface area contributed by atoms with Gasteiger partial charge in [0.2, 0.25) is 5.91 Å². The summed E-state index contributed by atoms with van der Waals surface area (Å²) in [6.07, 6.45) is 3.80. The van der Waals surface area contributed by atoms with Gasteiger partial charge in [0.05, 0.1) is 12.3 Å². The lowest BCUT2D eigenvalue weighted by Gasteiger charge is -2.36. The zero-order chi connectivity index (χ0) is 25.8. The third kappa shape index (κ3) is 10.3. The van der Waals surface area contributed by atoms with Gasteiger partial charge in [-0.25, -0.2) is 4.79 Å². The van der Waals surface area contributed by atoms with E-state index in [-0.39, 0.29) is 44.5 Å². The van der Waals surface area contributed by atoms with Gasteiger partial charge in [-0.2, -0.15) is 0 Å². The van der Waals surface area contributed by atoms with Crippen LogP contribution in [0.2, 0.25) is 0 Å². The fraction of sp³-hybridized carbons (Fsp3) is 0.600. The average Bonchev–Trinajstić information content (AvgIpc) is 2.81. The number of hydrogen-bond donors (Lipinski definition) is 3. The van der Waals surface area contributed by atoms with Crippen molar-refractivity contribution in [3.63, 3.8) is 0 Å². The Hall–Kier alpha value is -2.62. The molecule has 1 aromatic rings. The predicted octanol–water partition coefficient (Wildman–Crippen LogP) is 3.83. The Morgan fingerprint density at radius 2 is 1.66 bits per heavy atom. The molecule has 0 heterocycles. The molecule has 2 rings (SSSR count). The molecule has 0 aliphatic heterocycles. The van der Waals surface area contributed by atoms with Gasteiger partial charge in [-0.3, -0.25) is 14.4 Å². The lowest BCUT2D eigenvalue weighted by Crippen LogP contribution is -2.51. The molecular weight excluding hydrogens is 520 g/mol. The van der Waals surface area contributed by atoms with Gasteiger partial charge in [0.1, 0.15) is 19.3 Å². The number of alkyl carbamates (subject to hydrolysis) is 1. The number of hydrogen-bond acceptors (Lipinski definition) is 6. The average molecular weight is 555 g/mol. The van der Waals surface area contributed by atoms with Gasteiger partial charge in [0.25, 0.3) is 0 Å². The van der Waals surface area contributed by atoms with E-state index in [1.54, 1.807) is 13.8 Å². The van der Waals surface area contributed by atoms with Crippen LogP contribution in [-0.4, -0.2) is 54.8 Å². The van der Waals surface area contributed by atoms with Gasteiger partial charge >= 0.3 is 18.0 Å². The van der Waals surface area contributed by atoms with Crippen LogP contribution in [0.4, 0.5) is 4.79 Å². The Morgan fingerprint density at radius 3 is 2.26 bits per heavy atom. The van der Waals surface area contributed by atoms with Gasteiger partial charge < -0.3 is 25.2 Å². The number of aliphatic carboxylic acids is 1. The van der Waals surface area contributed by atoms with E-state index in [2.05, 4.69) is 26.6 Å². The molecule has 1 aromatic carbocycles. The number of benzene rings is 1. The van der Waals surface area contributed by atoms with Crippen LogP contribution in [0.3, 0.4) is 0 Å². The summed E-state index contributed by atoms with van der Waals surface area (Å²) < 4.78 is 11.0. The third-order valence-electron chi connectivity index (χ3n) is 6.07. The standard InChI is InChI=1S/C25H35BrN2O7/c1-17(2)23(32)34-12-13-35-24(33)28-20(14-18-6-8-19(26)9-7-18)22(31)27-16-25(15-21(29)30)10-4-3-5-11-25/h6-9,17,20H,3-5,10-16H2,1-2H3,(H,27,31)(H,28,33)(H,29,30)/t20-/m0/s1. The summed E-state index contributed by atoms with van der Waals surface area (Å²) >= 11 is 3.38. The smallest absolute Gasteiger partial charge is 0.407 e. The Labute approximate surface area is 214 Å². The highest BCUT2D eigenvalue weighted by atomic mass is 79.9. The fourth-order valence-electron chi connectivity index (χ4n) is 4.13. The van der Waals surface area contributed by atoms with Crippen molar-refractivity contribution in [2.45, 2.75) is 64.8 Å². The number of nitrogens with one attached hydrogen (secondary N) is 2. The third-order valence-corrected chi connectivity index (χ3v) is 6.60. The Balaban J connectivity index is 2.00. The summed E-state index contributed by atoms with van der Waals surface area (Å²) in [5.41, 5.74) is 0.348. The number of ether oxygens (including phenoxy) is 2. The van der Waals surface area contributed by atoms with Gasteiger partial charge in [-0.05, 0) is 36.0 Å². The second-order valence-electron chi connectivity index (χ2n) is 9.33. The second kappa shape index (κ2) is 14.1. The summed E-state index contributed by atoms with van der Waals surface area (Å²) in [6, 6.07) is 6.45. The lowest BCUT2D eigenvalue weighted by atomic mass is 9.71. The van der Waals surface area contributed by atoms with Crippen LogP contribution < -0.4 is 10.6 Å². The molecule has 0 aromatic heterocycles. The van der Waals surface area contributed by atoms with Crippen LogP contribution in [0, 0.1) is 11.3 Å². The summed E-state index contributed by atoms with van der Waals surface area (Å²) in [6.45, 7) is 3.42. The van der Waals surface area contributed by atoms with Crippen molar-refractivity contribution < 1.29 is 33.8 Å². The number of carbonyl (C=O) groups excluding carboxylic acids is 3. The maximum atomic E-state index is 13.1. The van der Waals surface area contributed by atoms with Crippen molar-refractivity contribution in [2.75, 3.05) is 19.8 Å². The number of carboxylic acid groups (broad SMARTS) is 1. The lowest BCUT2D eigenvalue weighted by molar-refractivity contribution is -0.148. The van der Waals surface area contributed by atoms with E-state index in [9.17, 15) is 24.3 Å². The van der Waals surface area contributed by atoms with Gasteiger partial charge in [-0.15, -0.1) is 0 Å². The molecule has 1 saturated carbocycles. The molecule has 0 spiro atoms. The van der Waals surface area contributed by atoms with Crippen molar-refractivity contribution in [1.29, 1.82) is 0 Å². The van der Waals surface area contributed by atoms with E-state index >= 15 is 0 Å². The van der Waals surface area contributed by atoms with E-state index in [4.69, 9.17) is 9.47 Å². The quantitative estimate of drug-likeness (QED) is 0.264. The first-order valence-corrected chi connectivity index (χ1v) is 12.7. The Bertz CT molecular complexity index is 867. The monoisotopic (exact) mass is 554 g/mol. The van der Waals surface area contributed by atoms with Crippen molar-refractivity contribution in [3.8, 4) is 0 Å². The van der Waals surface area contributed by atoms with E-state index < -0.39 is 29.4 Å². The zero-order valence-electron chi connectivity index (χ0n) is 20.3. The van der Waals surface area contributed by atoms with E-state index in [0.29, 0.717) is 0 Å². The highest BCUT2D eigenvalue weighted by Crippen LogP contribution is 2.38. The van der Waals surface area contributed by atoms with Crippen molar-refractivity contribution >= 4 is 39.9 Å². The number of rotatable bonds is 12. The Kier molecular flexibility index (Phi) is 11.5. The van der Waals surface area contributed by atoms with E-state index in [1.165, 1.54) is 0 Å². The zero-order valence-corrected chi connectivity index (χ0v) is 21.9. The van der Waals surface area contributed by atoms with Gasteiger partial charge in [-0.1, -0.05) is 61.2 Å². The molecule has 0 radical (unpaired) electrons. The topological polar surface area (TPSA) is 131 Å². The first-order chi connectivity index (χ1) is 16.6. The summed E-state index contributed by atoms with van der Waals surface area (Å²) in [5, 5.41) is 14.9. The summed E-state index contributed by atoms with van der Waals surface area (Å²) in [4.78, 5) is 48.4. The molecule has 35 heavy (non-hydrogen) atoms. The summed E-state index contributed by atoms with van der Waals surface area (Å²) in [5.74, 6) is -1.96. The normalized spacial score (nSPS) is 15.7. The van der Waals surface area contributed by atoms with E-state index in [1.807, 2.05) is 24.3 Å². The maximum Gasteiger partial charge on any atom is 0.407 e.